The van der Waals surface area contributed by atoms with Crippen LogP contribution in [0.5, 0.6) is 0 Å². The van der Waals surface area contributed by atoms with Gasteiger partial charge in [-0.1, -0.05) is 26.1 Å². The van der Waals surface area contributed by atoms with Crippen molar-refractivity contribution in [3.05, 3.63) is 12.7 Å². The fourth-order valence-electron chi connectivity index (χ4n) is 0.791. The third kappa shape index (κ3) is 14.9. The van der Waals surface area contributed by atoms with Gasteiger partial charge in [-0.3, -0.25) is 6.58 Å². The molecule has 0 aliphatic heterocycles. The summed E-state index contributed by atoms with van der Waals surface area (Å²) >= 11 is 0. The zero-order valence-electron chi connectivity index (χ0n) is 9.54. The summed E-state index contributed by atoms with van der Waals surface area (Å²) in [6, 6.07) is 0. The molecular weight excluding hydrogens is 167 g/mol. The molecule has 0 saturated carbocycles. The summed E-state index contributed by atoms with van der Waals surface area (Å²) in [7, 11) is -1.11. The van der Waals surface area contributed by atoms with Crippen LogP contribution < -0.4 is 18.9 Å². The SMILES string of the molecule is C=[C-]CCCCC#C[Si](C)(C)C.[Li+]. The van der Waals surface area contributed by atoms with Gasteiger partial charge in [-0.05, 0) is 6.42 Å². The predicted octanol–water partition coefficient (Wildman–Crippen LogP) is 0.421. The molecule has 0 saturated heterocycles. The molecule has 0 radical (unpaired) electrons. The summed E-state index contributed by atoms with van der Waals surface area (Å²) in [4.78, 5) is 0. The molecular formula is C11H19LiSi. The first kappa shape index (κ1) is 15.6. The Bertz CT molecular complexity index is 180. The summed E-state index contributed by atoms with van der Waals surface area (Å²) in [5, 5.41) is 0. The van der Waals surface area contributed by atoms with E-state index in [-0.39, 0.29) is 18.9 Å². The monoisotopic (exact) mass is 186 g/mol. The third-order valence-corrected chi connectivity index (χ3v) is 2.30. The number of allylic oxidation sites excluding steroid dienone is 1. The number of rotatable bonds is 4. The summed E-state index contributed by atoms with van der Waals surface area (Å²) in [5.74, 6) is 3.25. The first-order valence-electron chi connectivity index (χ1n) is 4.56. The minimum atomic E-state index is -1.11. The van der Waals surface area contributed by atoms with Crippen LogP contribution in [-0.4, -0.2) is 8.07 Å². The molecule has 0 spiro atoms. The van der Waals surface area contributed by atoms with Crippen LogP contribution in [0, 0.1) is 17.5 Å². The van der Waals surface area contributed by atoms with E-state index in [9.17, 15) is 0 Å². The van der Waals surface area contributed by atoms with E-state index in [0.29, 0.717) is 0 Å². The van der Waals surface area contributed by atoms with E-state index in [1.54, 1.807) is 0 Å². The fourth-order valence-corrected chi connectivity index (χ4v) is 1.45. The van der Waals surface area contributed by atoms with Crippen molar-refractivity contribution in [1.82, 2.24) is 0 Å². The molecule has 0 nitrogen and oxygen atoms in total. The molecule has 0 aromatic carbocycles. The predicted molar refractivity (Wildman–Crippen MR) is 58.5 cm³/mol. The molecule has 0 unspecified atom stereocenters. The summed E-state index contributed by atoms with van der Waals surface area (Å²) in [6.45, 7) is 10.4. The molecule has 0 aliphatic rings. The van der Waals surface area contributed by atoms with Crippen LogP contribution >= 0.6 is 0 Å². The van der Waals surface area contributed by atoms with Crippen LogP contribution in [-0.2, 0) is 0 Å². The Hall–Kier alpha value is 0.114. The van der Waals surface area contributed by atoms with E-state index in [1.807, 2.05) is 0 Å². The summed E-state index contributed by atoms with van der Waals surface area (Å²) in [5.41, 5.74) is 3.35. The molecule has 13 heavy (non-hydrogen) atoms. The van der Waals surface area contributed by atoms with Crippen molar-refractivity contribution in [2.75, 3.05) is 0 Å². The molecule has 0 rings (SSSR count). The van der Waals surface area contributed by atoms with Crippen molar-refractivity contribution < 1.29 is 18.9 Å². The second kappa shape index (κ2) is 8.70. The Morgan fingerprint density at radius 3 is 2.31 bits per heavy atom. The van der Waals surface area contributed by atoms with E-state index in [0.717, 1.165) is 12.8 Å². The van der Waals surface area contributed by atoms with Gasteiger partial charge in [0.05, 0.1) is 0 Å². The molecule has 68 valence electrons. The maximum Gasteiger partial charge on any atom is 1.00 e. The van der Waals surface area contributed by atoms with Gasteiger partial charge in [0, 0.05) is 6.42 Å². The van der Waals surface area contributed by atoms with Crippen molar-refractivity contribution in [3.63, 3.8) is 0 Å². The largest absolute Gasteiger partial charge is 1.00 e. The molecule has 0 atom stereocenters. The van der Waals surface area contributed by atoms with Gasteiger partial charge in [0.1, 0.15) is 8.07 Å². The molecule has 0 heterocycles. The number of unbranched alkanes of at least 4 members (excludes halogenated alkanes) is 3. The van der Waals surface area contributed by atoms with Gasteiger partial charge in [-0.2, -0.15) is 6.42 Å². The Morgan fingerprint density at radius 1 is 1.23 bits per heavy atom. The molecule has 0 N–H and O–H groups in total. The average molecular weight is 186 g/mol. The quantitative estimate of drug-likeness (QED) is 0.258. The van der Waals surface area contributed by atoms with Gasteiger partial charge in [0.2, 0.25) is 0 Å². The topological polar surface area (TPSA) is 0 Å². The van der Waals surface area contributed by atoms with Crippen molar-refractivity contribution >= 4 is 8.07 Å². The number of hydrogen-bond donors (Lipinski definition) is 0. The van der Waals surface area contributed by atoms with Crippen molar-refractivity contribution in [2.45, 2.75) is 45.3 Å². The second-order valence-corrected chi connectivity index (χ2v) is 8.76. The van der Waals surface area contributed by atoms with E-state index in [4.69, 9.17) is 0 Å². The van der Waals surface area contributed by atoms with E-state index >= 15 is 0 Å². The molecule has 0 aromatic heterocycles. The normalized spacial score (nSPS) is 9.46. The van der Waals surface area contributed by atoms with Crippen LogP contribution in [0.25, 0.3) is 0 Å². The fraction of sp³-hybridized carbons (Fsp3) is 0.636. The van der Waals surface area contributed by atoms with Crippen molar-refractivity contribution in [2.24, 2.45) is 0 Å². The van der Waals surface area contributed by atoms with E-state index in [1.165, 1.54) is 12.8 Å². The first-order valence-corrected chi connectivity index (χ1v) is 8.06. The average Bonchev–Trinajstić information content (AvgIpc) is 1.94. The minimum absolute atomic E-state index is 0. The first-order chi connectivity index (χ1) is 5.56. The summed E-state index contributed by atoms with van der Waals surface area (Å²) in [6.07, 6.45) is 7.32. The maximum atomic E-state index is 3.56. The molecule has 0 bridgehead atoms. The van der Waals surface area contributed by atoms with Gasteiger partial charge in [-0.15, -0.1) is 11.5 Å². The van der Waals surface area contributed by atoms with Gasteiger partial charge in [0.25, 0.3) is 0 Å². The Balaban J connectivity index is 0. The van der Waals surface area contributed by atoms with E-state index < -0.39 is 8.07 Å². The Kier molecular flexibility index (Phi) is 10.4. The van der Waals surface area contributed by atoms with Crippen LogP contribution in [0.2, 0.25) is 19.6 Å². The smallest absolute Gasteiger partial charge is 0.504 e. The molecule has 0 amide bonds. The zero-order chi connectivity index (χ0) is 9.45. The zero-order valence-corrected chi connectivity index (χ0v) is 10.5. The standard InChI is InChI=1S/C11H19Si.Li/c1-5-6-7-8-9-10-11-12(2,3)4;/h1,6-9H2,2-4H3;/q-1;+1. The molecule has 0 fully saturated rings. The summed E-state index contributed by atoms with van der Waals surface area (Å²) < 4.78 is 0. The molecule has 0 aromatic rings. The Morgan fingerprint density at radius 2 is 1.85 bits per heavy atom. The Labute approximate surface area is 96.4 Å². The van der Waals surface area contributed by atoms with Crippen LogP contribution in [0.4, 0.5) is 0 Å². The minimum Gasteiger partial charge on any atom is -0.504 e. The maximum absolute atomic E-state index is 3.56. The third-order valence-electron chi connectivity index (χ3n) is 1.37. The van der Waals surface area contributed by atoms with Crippen LogP contribution in [0.15, 0.2) is 6.58 Å². The van der Waals surface area contributed by atoms with Gasteiger partial charge < -0.3 is 6.08 Å². The molecule has 2 heteroatoms. The van der Waals surface area contributed by atoms with Crippen molar-refractivity contribution in [1.29, 1.82) is 0 Å². The van der Waals surface area contributed by atoms with Crippen LogP contribution in [0.3, 0.4) is 0 Å². The van der Waals surface area contributed by atoms with Crippen LogP contribution in [0.1, 0.15) is 25.7 Å². The number of hydrogen-bond acceptors (Lipinski definition) is 0. The van der Waals surface area contributed by atoms with E-state index in [2.05, 4.69) is 43.8 Å². The molecule has 0 aliphatic carbocycles. The second-order valence-electron chi connectivity index (χ2n) is 4.01. The van der Waals surface area contributed by atoms with Crippen molar-refractivity contribution in [3.8, 4) is 11.5 Å². The van der Waals surface area contributed by atoms with Gasteiger partial charge in [-0.25, -0.2) is 0 Å². The van der Waals surface area contributed by atoms with Gasteiger partial charge >= 0.3 is 18.9 Å². The van der Waals surface area contributed by atoms with Gasteiger partial charge in [0.15, 0.2) is 0 Å².